The van der Waals surface area contributed by atoms with Gasteiger partial charge in [-0.05, 0) is 18.2 Å². The molecular formula is C10H10N2O4S2. The van der Waals surface area contributed by atoms with E-state index in [-0.39, 0.29) is 16.7 Å². The molecule has 0 spiro atoms. The van der Waals surface area contributed by atoms with Crippen molar-refractivity contribution in [2.24, 2.45) is 5.14 Å². The lowest BCUT2D eigenvalue weighted by molar-refractivity contribution is 0.0950. The van der Waals surface area contributed by atoms with Gasteiger partial charge < -0.3 is 9.73 Å². The van der Waals surface area contributed by atoms with Gasteiger partial charge in [-0.15, -0.1) is 11.3 Å². The maximum absolute atomic E-state index is 11.6. The topological polar surface area (TPSA) is 102 Å². The molecule has 0 saturated carbocycles. The van der Waals surface area contributed by atoms with E-state index in [0.717, 1.165) is 11.3 Å². The second kappa shape index (κ2) is 4.92. The van der Waals surface area contributed by atoms with E-state index >= 15 is 0 Å². The molecule has 0 radical (unpaired) electrons. The highest BCUT2D eigenvalue weighted by molar-refractivity contribution is 7.91. The minimum absolute atomic E-state index is 0.0788. The van der Waals surface area contributed by atoms with E-state index in [1.54, 1.807) is 12.1 Å². The molecule has 0 aliphatic rings. The third kappa shape index (κ3) is 2.97. The molecule has 0 fully saturated rings. The molecule has 0 aliphatic carbocycles. The summed E-state index contributed by atoms with van der Waals surface area (Å²) in [5.41, 5.74) is 0.415. The van der Waals surface area contributed by atoms with Crippen LogP contribution in [0.1, 0.15) is 15.2 Å². The smallest absolute Gasteiger partial charge is 0.254 e. The molecule has 2 aromatic heterocycles. The summed E-state index contributed by atoms with van der Waals surface area (Å²) in [6.45, 7) is 0.240. The van der Waals surface area contributed by atoms with Crippen molar-refractivity contribution < 1.29 is 17.6 Å². The molecular weight excluding hydrogens is 276 g/mol. The van der Waals surface area contributed by atoms with Crippen LogP contribution < -0.4 is 10.5 Å². The second-order valence-corrected chi connectivity index (χ2v) is 6.42. The summed E-state index contributed by atoms with van der Waals surface area (Å²) in [5, 5.41) is 7.63. The molecule has 18 heavy (non-hydrogen) atoms. The fraction of sp³-hybridized carbons (Fsp3) is 0.100. The quantitative estimate of drug-likeness (QED) is 0.872. The third-order valence-corrected chi connectivity index (χ3v) is 4.65. The average Bonchev–Trinajstić information content (AvgIpc) is 2.96. The van der Waals surface area contributed by atoms with Crippen molar-refractivity contribution in [2.45, 2.75) is 10.8 Å². The molecule has 0 unspecified atom stereocenters. The van der Waals surface area contributed by atoms with E-state index in [1.165, 1.54) is 18.6 Å². The molecule has 2 aromatic rings. The highest BCUT2D eigenvalue weighted by Crippen LogP contribution is 2.20. The Morgan fingerprint density at radius 1 is 1.39 bits per heavy atom. The number of furan rings is 1. The van der Waals surface area contributed by atoms with E-state index < -0.39 is 10.0 Å². The first-order valence-corrected chi connectivity index (χ1v) is 7.25. The SMILES string of the molecule is NS(=O)(=O)c1ccc(CNC(=O)c2ccoc2)s1. The van der Waals surface area contributed by atoms with Crippen LogP contribution in [0.3, 0.4) is 0 Å². The Morgan fingerprint density at radius 3 is 2.72 bits per heavy atom. The van der Waals surface area contributed by atoms with Crippen molar-refractivity contribution in [3.63, 3.8) is 0 Å². The maximum Gasteiger partial charge on any atom is 0.254 e. The van der Waals surface area contributed by atoms with E-state index in [0.29, 0.717) is 10.4 Å². The summed E-state index contributed by atoms with van der Waals surface area (Å²) in [6, 6.07) is 4.57. The Balaban J connectivity index is 1.99. The number of rotatable bonds is 4. The van der Waals surface area contributed by atoms with E-state index in [4.69, 9.17) is 9.56 Å². The molecule has 0 saturated heterocycles. The molecule has 1 amide bonds. The number of nitrogens with two attached hydrogens (primary N) is 1. The predicted molar refractivity (Wildman–Crippen MR) is 65.6 cm³/mol. The van der Waals surface area contributed by atoms with Gasteiger partial charge >= 0.3 is 0 Å². The van der Waals surface area contributed by atoms with Crippen LogP contribution in [0.4, 0.5) is 0 Å². The highest BCUT2D eigenvalue weighted by atomic mass is 32.2. The van der Waals surface area contributed by atoms with Gasteiger partial charge in [-0.1, -0.05) is 0 Å². The number of carbonyl (C=O) groups excluding carboxylic acids is 1. The first-order valence-electron chi connectivity index (χ1n) is 4.89. The van der Waals surface area contributed by atoms with E-state index in [2.05, 4.69) is 5.32 Å². The van der Waals surface area contributed by atoms with Gasteiger partial charge in [-0.3, -0.25) is 4.79 Å². The number of carbonyl (C=O) groups is 1. The second-order valence-electron chi connectivity index (χ2n) is 3.46. The fourth-order valence-electron chi connectivity index (χ4n) is 1.27. The van der Waals surface area contributed by atoms with E-state index in [1.807, 2.05) is 0 Å². The predicted octanol–water partition coefficient (Wildman–Crippen LogP) is 0.918. The summed E-state index contributed by atoms with van der Waals surface area (Å²) in [7, 11) is -3.67. The average molecular weight is 286 g/mol. The summed E-state index contributed by atoms with van der Waals surface area (Å²) in [6.07, 6.45) is 2.73. The van der Waals surface area contributed by atoms with Crippen molar-refractivity contribution in [3.05, 3.63) is 41.2 Å². The maximum atomic E-state index is 11.6. The Morgan fingerprint density at radius 2 is 2.17 bits per heavy atom. The van der Waals surface area contributed by atoms with Crippen LogP contribution in [-0.4, -0.2) is 14.3 Å². The standard InChI is InChI=1S/C10H10N2O4S2/c11-18(14,15)9-2-1-8(17-9)5-12-10(13)7-3-4-16-6-7/h1-4,6H,5H2,(H,12,13)(H2,11,14,15). The fourth-order valence-corrected chi connectivity index (χ4v) is 2.99. The summed E-state index contributed by atoms with van der Waals surface area (Å²) in [5.74, 6) is -0.283. The van der Waals surface area contributed by atoms with Gasteiger partial charge in [0.1, 0.15) is 10.5 Å². The summed E-state index contributed by atoms with van der Waals surface area (Å²) >= 11 is 1.03. The van der Waals surface area contributed by atoms with Crippen LogP contribution >= 0.6 is 11.3 Å². The van der Waals surface area contributed by atoms with Crippen molar-refractivity contribution in [1.82, 2.24) is 5.32 Å². The normalized spacial score (nSPS) is 11.4. The molecule has 0 atom stereocenters. The first-order chi connectivity index (χ1) is 8.47. The molecule has 2 rings (SSSR count). The summed E-state index contributed by atoms with van der Waals surface area (Å²) < 4.78 is 27.0. The Bertz CT molecular complexity index is 643. The zero-order valence-corrected chi connectivity index (χ0v) is 10.8. The minimum Gasteiger partial charge on any atom is -0.472 e. The lowest BCUT2D eigenvalue weighted by Crippen LogP contribution is -2.21. The van der Waals surface area contributed by atoms with E-state index in [9.17, 15) is 13.2 Å². The number of thiophene rings is 1. The van der Waals surface area contributed by atoms with Gasteiger partial charge in [0.05, 0.1) is 18.4 Å². The number of amides is 1. The lowest BCUT2D eigenvalue weighted by atomic mass is 10.3. The number of hydrogen-bond donors (Lipinski definition) is 2. The number of hydrogen-bond acceptors (Lipinski definition) is 5. The largest absolute Gasteiger partial charge is 0.472 e. The zero-order valence-electron chi connectivity index (χ0n) is 9.12. The number of sulfonamides is 1. The Labute approximate surface area is 107 Å². The van der Waals surface area contributed by atoms with Crippen LogP contribution in [0.25, 0.3) is 0 Å². The molecule has 0 aromatic carbocycles. The van der Waals surface area contributed by atoms with Gasteiger partial charge in [0.15, 0.2) is 0 Å². The highest BCUT2D eigenvalue weighted by Gasteiger charge is 2.12. The van der Waals surface area contributed by atoms with Crippen LogP contribution in [0.15, 0.2) is 39.4 Å². The number of primary sulfonamides is 1. The van der Waals surface area contributed by atoms with Crippen molar-refractivity contribution in [1.29, 1.82) is 0 Å². The molecule has 6 nitrogen and oxygen atoms in total. The Hall–Kier alpha value is -1.64. The van der Waals surface area contributed by atoms with Gasteiger partial charge in [0, 0.05) is 4.88 Å². The minimum atomic E-state index is -3.67. The zero-order chi connectivity index (χ0) is 13.2. The van der Waals surface area contributed by atoms with Crippen LogP contribution in [0, 0.1) is 0 Å². The van der Waals surface area contributed by atoms with Crippen molar-refractivity contribution in [3.8, 4) is 0 Å². The summed E-state index contributed by atoms with van der Waals surface area (Å²) in [4.78, 5) is 12.3. The van der Waals surface area contributed by atoms with Crippen LogP contribution in [0.5, 0.6) is 0 Å². The van der Waals surface area contributed by atoms with Crippen LogP contribution in [0.2, 0.25) is 0 Å². The van der Waals surface area contributed by atoms with Crippen molar-refractivity contribution in [2.75, 3.05) is 0 Å². The first kappa shape index (κ1) is 12.8. The van der Waals surface area contributed by atoms with Gasteiger partial charge in [-0.25, -0.2) is 13.6 Å². The molecule has 2 heterocycles. The molecule has 8 heteroatoms. The molecule has 0 aliphatic heterocycles. The molecule has 3 N–H and O–H groups in total. The van der Waals surface area contributed by atoms with Crippen LogP contribution in [-0.2, 0) is 16.6 Å². The third-order valence-electron chi connectivity index (χ3n) is 2.12. The number of nitrogens with one attached hydrogen (secondary N) is 1. The van der Waals surface area contributed by atoms with Crippen molar-refractivity contribution >= 4 is 27.3 Å². The molecule has 96 valence electrons. The van der Waals surface area contributed by atoms with Gasteiger partial charge in [0.2, 0.25) is 10.0 Å². The van der Waals surface area contributed by atoms with Gasteiger partial charge in [0.25, 0.3) is 5.91 Å². The monoisotopic (exact) mass is 286 g/mol. The van der Waals surface area contributed by atoms with Gasteiger partial charge in [-0.2, -0.15) is 0 Å². The Kier molecular flexibility index (Phi) is 3.50. The lowest BCUT2D eigenvalue weighted by Gasteiger charge is -2.00. The molecule has 0 bridgehead atoms.